The number of hydrogen-bond donors (Lipinski definition) is 2. The van der Waals surface area contributed by atoms with Gasteiger partial charge < -0.3 is 30.5 Å². The molecule has 1 aliphatic heterocycles. The molecule has 1 aromatic heterocycles. The highest BCUT2D eigenvalue weighted by molar-refractivity contribution is 6.01. The van der Waals surface area contributed by atoms with Crippen molar-refractivity contribution in [2.45, 2.75) is 32.4 Å². The largest absolute Gasteiger partial charge is 0.491 e. The van der Waals surface area contributed by atoms with Gasteiger partial charge in [-0.2, -0.15) is 4.98 Å². The average molecular weight is 520 g/mol. The van der Waals surface area contributed by atoms with Crippen molar-refractivity contribution >= 4 is 34.5 Å². The Balaban J connectivity index is 1.55. The molecule has 2 aromatic carbocycles. The minimum Gasteiger partial charge on any atom is -0.491 e. The first-order chi connectivity index (χ1) is 18.1. The highest BCUT2D eigenvalue weighted by Gasteiger charge is 2.25. The third kappa shape index (κ3) is 6.49. The van der Waals surface area contributed by atoms with Crippen LogP contribution in [0.15, 0.2) is 42.5 Å². The smallest absolute Gasteiger partial charge is 0.252 e. The zero-order valence-corrected chi connectivity index (χ0v) is 22.8. The number of nitrogens with zero attached hydrogens (tertiary/aromatic N) is 5. The molecule has 10 heteroatoms. The van der Waals surface area contributed by atoms with Crippen LogP contribution < -0.4 is 20.7 Å². The fourth-order valence-electron chi connectivity index (χ4n) is 4.50. The lowest BCUT2D eigenvalue weighted by Gasteiger charge is -2.33. The van der Waals surface area contributed by atoms with Gasteiger partial charge in [-0.1, -0.05) is 12.1 Å². The summed E-state index contributed by atoms with van der Waals surface area (Å²) in [6.07, 6.45) is 0.421. The fourth-order valence-corrected chi connectivity index (χ4v) is 4.50. The van der Waals surface area contributed by atoms with E-state index in [0.29, 0.717) is 17.5 Å². The Bertz CT molecular complexity index is 1290. The van der Waals surface area contributed by atoms with Crippen LogP contribution >= 0.6 is 0 Å². The Hall–Kier alpha value is -3.92. The molecule has 2 heterocycles. The highest BCUT2D eigenvalue weighted by atomic mass is 16.5. The number of likely N-dealkylation sites (N-methyl/N-ethyl adjacent to an activating group) is 2. The van der Waals surface area contributed by atoms with Crippen molar-refractivity contribution in [2.75, 3.05) is 58.0 Å². The SMILES string of the molecule is CC(C)Oc1ccc(CC(NC(=O)c2ccc3c(N4CCN(C)CC4)nc(N)nc3c2)C(=O)N(C)C)cc1. The van der Waals surface area contributed by atoms with E-state index in [1.54, 1.807) is 26.2 Å². The fraction of sp³-hybridized carbons (Fsp3) is 0.429. The number of nitrogens with two attached hydrogens (primary N) is 1. The van der Waals surface area contributed by atoms with Crippen LogP contribution in [0.2, 0.25) is 0 Å². The number of piperazine rings is 1. The number of aromatic nitrogens is 2. The molecule has 0 spiro atoms. The van der Waals surface area contributed by atoms with Crippen LogP contribution in [0.4, 0.5) is 11.8 Å². The average Bonchev–Trinajstić information content (AvgIpc) is 2.88. The molecule has 1 aliphatic rings. The van der Waals surface area contributed by atoms with E-state index in [-0.39, 0.29) is 23.9 Å². The molecule has 1 atom stereocenters. The van der Waals surface area contributed by atoms with Crippen LogP contribution in [0.25, 0.3) is 10.9 Å². The van der Waals surface area contributed by atoms with Crippen molar-refractivity contribution in [2.24, 2.45) is 0 Å². The molecule has 1 unspecified atom stereocenters. The zero-order valence-electron chi connectivity index (χ0n) is 22.8. The number of fused-ring (bicyclic) bond motifs is 1. The molecule has 0 aliphatic carbocycles. The van der Waals surface area contributed by atoms with E-state index >= 15 is 0 Å². The van der Waals surface area contributed by atoms with E-state index in [2.05, 4.69) is 32.1 Å². The van der Waals surface area contributed by atoms with Crippen molar-refractivity contribution in [3.05, 3.63) is 53.6 Å². The summed E-state index contributed by atoms with van der Waals surface area (Å²) in [5, 5.41) is 3.76. The number of hydrogen-bond acceptors (Lipinski definition) is 8. The molecule has 4 rings (SSSR count). The van der Waals surface area contributed by atoms with Gasteiger partial charge in [-0.05, 0) is 56.8 Å². The molecule has 38 heavy (non-hydrogen) atoms. The Morgan fingerprint density at radius 3 is 2.37 bits per heavy atom. The van der Waals surface area contributed by atoms with Crippen molar-refractivity contribution < 1.29 is 14.3 Å². The quantitative estimate of drug-likeness (QED) is 0.465. The summed E-state index contributed by atoms with van der Waals surface area (Å²) in [7, 11) is 5.45. The van der Waals surface area contributed by atoms with E-state index in [1.165, 1.54) is 4.90 Å². The predicted molar refractivity (Wildman–Crippen MR) is 150 cm³/mol. The summed E-state index contributed by atoms with van der Waals surface area (Å²) in [5.74, 6) is 1.15. The van der Waals surface area contributed by atoms with E-state index in [0.717, 1.165) is 48.7 Å². The lowest BCUT2D eigenvalue weighted by Crippen LogP contribution is -2.47. The second-order valence-electron chi connectivity index (χ2n) is 10.2. The van der Waals surface area contributed by atoms with Gasteiger partial charge in [0.25, 0.3) is 5.91 Å². The number of rotatable bonds is 8. The molecular weight excluding hydrogens is 482 g/mol. The third-order valence-corrected chi connectivity index (χ3v) is 6.54. The number of amides is 2. The van der Waals surface area contributed by atoms with E-state index in [4.69, 9.17) is 10.5 Å². The molecule has 1 fully saturated rings. The van der Waals surface area contributed by atoms with Gasteiger partial charge in [0, 0.05) is 57.6 Å². The third-order valence-electron chi connectivity index (χ3n) is 6.54. The maximum atomic E-state index is 13.3. The number of carbonyl (C=O) groups is 2. The first-order valence-corrected chi connectivity index (χ1v) is 12.9. The van der Waals surface area contributed by atoms with Crippen LogP contribution in [-0.4, -0.2) is 91.0 Å². The number of ether oxygens (including phenoxy) is 1. The van der Waals surface area contributed by atoms with Gasteiger partial charge in [0.15, 0.2) is 0 Å². The molecule has 0 bridgehead atoms. The van der Waals surface area contributed by atoms with Crippen LogP contribution in [0.3, 0.4) is 0 Å². The summed E-state index contributed by atoms with van der Waals surface area (Å²) in [6.45, 7) is 7.47. The number of nitrogen functional groups attached to an aromatic ring is 1. The number of anilines is 2. The van der Waals surface area contributed by atoms with Crippen molar-refractivity contribution in [3.63, 3.8) is 0 Å². The Labute approximate surface area is 223 Å². The molecule has 3 N–H and O–H groups in total. The Kier molecular flexibility index (Phi) is 8.31. The van der Waals surface area contributed by atoms with E-state index < -0.39 is 6.04 Å². The number of benzene rings is 2. The minimum absolute atomic E-state index is 0.0726. The standard InChI is InChI=1S/C28H37N7O3/c1-18(2)38-21-9-6-19(7-10-21)16-24(27(37)33(3)4)30-26(36)20-8-11-22-23(17-20)31-28(29)32-25(22)35-14-12-34(5)13-15-35/h6-11,17-18,24H,12-16H2,1-5H3,(H,30,36)(H2,29,31,32). The molecule has 0 saturated carbocycles. The monoisotopic (exact) mass is 519 g/mol. The Morgan fingerprint density at radius 2 is 1.74 bits per heavy atom. The second kappa shape index (κ2) is 11.6. The normalized spacial score (nSPS) is 14.9. The van der Waals surface area contributed by atoms with Gasteiger partial charge in [0.1, 0.15) is 17.6 Å². The van der Waals surface area contributed by atoms with Crippen LogP contribution in [0.1, 0.15) is 29.8 Å². The molecule has 202 valence electrons. The molecule has 0 radical (unpaired) electrons. The molecular formula is C28H37N7O3. The lowest BCUT2D eigenvalue weighted by molar-refractivity contribution is -0.130. The molecule has 10 nitrogen and oxygen atoms in total. The minimum atomic E-state index is -0.735. The molecule has 3 aromatic rings. The van der Waals surface area contributed by atoms with Gasteiger partial charge >= 0.3 is 0 Å². The lowest BCUT2D eigenvalue weighted by atomic mass is 10.0. The summed E-state index contributed by atoms with van der Waals surface area (Å²) in [4.78, 5) is 41.1. The van der Waals surface area contributed by atoms with Gasteiger partial charge in [0.05, 0.1) is 11.6 Å². The van der Waals surface area contributed by atoms with Crippen molar-refractivity contribution in [1.82, 2.24) is 25.1 Å². The first kappa shape index (κ1) is 27.1. The van der Waals surface area contributed by atoms with Gasteiger partial charge in [-0.25, -0.2) is 4.98 Å². The topological polar surface area (TPSA) is 117 Å². The van der Waals surface area contributed by atoms with Gasteiger partial charge in [-0.15, -0.1) is 0 Å². The van der Waals surface area contributed by atoms with Crippen LogP contribution in [-0.2, 0) is 11.2 Å². The number of nitrogens with one attached hydrogen (secondary N) is 1. The molecule has 1 saturated heterocycles. The predicted octanol–water partition coefficient (Wildman–Crippen LogP) is 2.18. The maximum absolute atomic E-state index is 13.3. The van der Waals surface area contributed by atoms with Crippen LogP contribution in [0, 0.1) is 0 Å². The second-order valence-corrected chi connectivity index (χ2v) is 10.2. The zero-order chi connectivity index (χ0) is 27.4. The first-order valence-electron chi connectivity index (χ1n) is 12.9. The van der Waals surface area contributed by atoms with Gasteiger partial charge in [-0.3, -0.25) is 9.59 Å². The van der Waals surface area contributed by atoms with E-state index in [1.807, 2.05) is 44.2 Å². The van der Waals surface area contributed by atoms with E-state index in [9.17, 15) is 9.59 Å². The van der Waals surface area contributed by atoms with Crippen LogP contribution in [0.5, 0.6) is 5.75 Å². The van der Waals surface area contributed by atoms with Crippen molar-refractivity contribution in [3.8, 4) is 5.75 Å². The summed E-state index contributed by atoms with van der Waals surface area (Å²) in [6, 6.07) is 12.1. The Morgan fingerprint density at radius 1 is 1.05 bits per heavy atom. The van der Waals surface area contributed by atoms with Gasteiger partial charge in [0.2, 0.25) is 11.9 Å². The summed E-state index contributed by atoms with van der Waals surface area (Å²) >= 11 is 0. The van der Waals surface area contributed by atoms with Crippen molar-refractivity contribution in [1.29, 1.82) is 0 Å². The maximum Gasteiger partial charge on any atom is 0.252 e. The highest BCUT2D eigenvalue weighted by Crippen LogP contribution is 2.26. The number of carbonyl (C=O) groups excluding carboxylic acids is 2. The molecule has 2 amide bonds. The summed E-state index contributed by atoms with van der Waals surface area (Å²) in [5.41, 5.74) is 7.95. The summed E-state index contributed by atoms with van der Waals surface area (Å²) < 4.78 is 5.71.